The zero-order valence-corrected chi connectivity index (χ0v) is 12.5. The lowest BCUT2D eigenvalue weighted by Crippen LogP contribution is -2.09. The number of hydrogen-bond donors (Lipinski definition) is 1. The summed E-state index contributed by atoms with van der Waals surface area (Å²) in [6, 6.07) is 8.40. The fraction of sp³-hybridized carbons (Fsp3) is 0.250. The molecule has 0 fully saturated rings. The molecule has 2 heterocycles. The largest absolute Gasteiger partial charge is 0.377 e. The van der Waals surface area contributed by atoms with E-state index in [0.717, 1.165) is 17.1 Å². The number of hydrogen-bond acceptors (Lipinski definition) is 3. The summed E-state index contributed by atoms with van der Waals surface area (Å²) in [7, 11) is 1.95. The third kappa shape index (κ3) is 2.67. The molecule has 0 bridgehead atoms. The SMILES string of the molecule is Cc1nn(C)cc1C(C)Nc1ccccc1-n1ccnc1. The molecule has 0 saturated heterocycles. The minimum atomic E-state index is 0.184. The van der Waals surface area contributed by atoms with Crippen LogP contribution in [0.3, 0.4) is 0 Å². The van der Waals surface area contributed by atoms with E-state index < -0.39 is 0 Å². The number of aryl methyl sites for hydroxylation is 2. The Morgan fingerprint density at radius 2 is 2.05 bits per heavy atom. The average molecular weight is 281 g/mol. The number of aromatic nitrogens is 4. The van der Waals surface area contributed by atoms with Gasteiger partial charge in [-0.15, -0.1) is 0 Å². The van der Waals surface area contributed by atoms with Crippen LogP contribution in [0.4, 0.5) is 5.69 Å². The van der Waals surface area contributed by atoms with Crippen LogP contribution in [0.15, 0.2) is 49.2 Å². The zero-order valence-electron chi connectivity index (χ0n) is 12.5. The number of nitrogens with one attached hydrogen (secondary N) is 1. The van der Waals surface area contributed by atoms with Gasteiger partial charge in [-0.25, -0.2) is 4.98 Å². The number of anilines is 1. The highest BCUT2D eigenvalue weighted by atomic mass is 15.3. The number of benzene rings is 1. The van der Waals surface area contributed by atoms with E-state index in [2.05, 4.69) is 40.7 Å². The molecule has 3 aromatic rings. The van der Waals surface area contributed by atoms with E-state index in [9.17, 15) is 0 Å². The molecule has 0 aliphatic heterocycles. The van der Waals surface area contributed by atoms with E-state index in [1.54, 1.807) is 12.5 Å². The summed E-state index contributed by atoms with van der Waals surface area (Å²) >= 11 is 0. The Hall–Kier alpha value is -2.56. The van der Waals surface area contributed by atoms with Gasteiger partial charge in [-0.1, -0.05) is 12.1 Å². The van der Waals surface area contributed by atoms with Crippen molar-refractivity contribution in [1.29, 1.82) is 0 Å². The maximum Gasteiger partial charge on any atom is 0.0992 e. The van der Waals surface area contributed by atoms with Crippen molar-refractivity contribution in [2.45, 2.75) is 19.9 Å². The maximum absolute atomic E-state index is 4.41. The molecular weight excluding hydrogens is 262 g/mol. The molecule has 21 heavy (non-hydrogen) atoms. The van der Waals surface area contributed by atoms with Crippen molar-refractivity contribution in [2.24, 2.45) is 7.05 Å². The molecule has 3 rings (SSSR count). The smallest absolute Gasteiger partial charge is 0.0992 e. The van der Waals surface area contributed by atoms with Crippen LogP contribution in [0.1, 0.15) is 24.2 Å². The second-order valence-electron chi connectivity index (χ2n) is 5.20. The van der Waals surface area contributed by atoms with Crippen LogP contribution in [0.5, 0.6) is 0 Å². The van der Waals surface area contributed by atoms with Gasteiger partial charge < -0.3 is 9.88 Å². The normalized spacial score (nSPS) is 12.3. The Labute approximate surface area is 124 Å². The molecule has 1 unspecified atom stereocenters. The Bertz CT molecular complexity index is 727. The average Bonchev–Trinajstić information content (AvgIpc) is 3.09. The van der Waals surface area contributed by atoms with Crippen LogP contribution in [-0.2, 0) is 7.05 Å². The van der Waals surface area contributed by atoms with Crippen LogP contribution >= 0.6 is 0 Å². The summed E-state index contributed by atoms with van der Waals surface area (Å²) in [5.41, 5.74) is 4.42. The first-order valence-electron chi connectivity index (χ1n) is 6.99. The van der Waals surface area contributed by atoms with Gasteiger partial charge in [-0.3, -0.25) is 4.68 Å². The summed E-state index contributed by atoms with van der Waals surface area (Å²) in [5, 5.41) is 7.97. The molecule has 1 aromatic carbocycles. The molecule has 0 saturated carbocycles. The van der Waals surface area contributed by atoms with Crippen LogP contribution < -0.4 is 5.32 Å². The summed E-state index contributed by atoms with van der Waals surface area (Å²) in [6.07, 6.45) is 7.60. The van der Waals surface area contributed by atoms with Crippen LogP contribution in [0.2, 0.25) is 0 Å². The van der Waals surface area contributed by atoms with Crippen molar-refractivity contribution in [3.8, 4) is 5.69 Å². The van der Waals surface area contributed by atoms with Gasteiger partial charge in [0.2, 0.25) is 0 Å². The number of para-hydroxylation sites is 2. The lowest BCUT2D eigenvalue weighted by Gasteiger charge is -2.18. The number of rotatable bonds is 4. The molecule has 0 aliphatic carbocycles. The maximum atomic E-state index is 4.41. The number of nitrogens with zero attached hydrogens (tertiary/aromatic N) is 4. The topological polar surface area (TPSA) is 47.7 Å². The van der Waals surface area contributed by atoms with E-state index in [4.69, 9.17) is 0 Å². The highest BCUT2D eigenvalue weighted by molar-refractivity contribution is 5.61. The molecule has 108 valence electrons. The Kier molecular flexibility index (Phi) is 3.48. The van der Waals surface area contributed by atoms with Crippen LogP contribution in [0.25, 0.3) is 5.69 Å². The van der Waals surface area contributed by atoms with Crippen molar-refractivity contribution in [2.75, 3.05) is 5.32 Å². The monoisotopic (exact) mass is 281 g/mol. The van der Waals surface area contributed by atoms with Crippen LogP contribution in [0, 0.1) is 6.92 Å². The summed E-state index contributed by atoms with van der Waals surface area (Å²) < 4.78 is 3.86. The van der Waals surface area contributed by atoms with Crippen molar-refractivity contribution in [1.82, 2.24) is 19.3 Å². The molecule has 0 amide bonds. The minimum Gasteiger partial charge on any atom is -0.377 e. The van der Waals surface area contributed by atoms with Gasteiger partial charge in [0.05, 0.1) is 29.4 Å². The van der Waals surface area contributed by atoms with Crippen molar-refractivity contribution >= 4 is 5.69 Å². The molecule has 1 atom stereocenters. The predicted octanol–water partition coefficient (Wildman–Crippen LogP) is 3.09. The van der Waals surface area contributed by atoms with Gasteiger partial charge >= 0.3 is 0 Å². The quantitative estimate of drug-likeness (QED) is 0.799. The lowest BCUT2D eigenvalue weighted by atomic mass is 10.1. The van der Waals surface area contributed by atoms with Gasteiger partial charge in [0.25, 0.3) is 0 Å². The molecule has 2 aromatic heterocycles. The van der Waals surface area contributed by atoms with E-state index in [0.29, 0.717) is 0 Å². The zero-order chi connectivity index (χ0) is 14.8. The Morgan fingerprint density at radius 3 is 2.71 bits per heavy atom. The lowest BCUT2D eigenvalue weighted by molar-refractivity contribution is 0.756. The predicted molar refractivity (Wildman–Crippen MR) is 83.5 cm³/mol. The third-order valence-electron chi connectivity index (χ3n) is 3.58. The summed E-state index contributed by atoms with van der Waals surface area (Å²) in [4.78, 5) is 4.12. The van der Waals surface area contributed by atoms with E-state index >= 15 is 0 Å². The molecule has 0 aliphatic rings. The molecule has 5 heteroatoms. The van der Waals surface area contributed by atoms with Crippen LogP contribution in [-0.4, -0.2) is 19.3 Å². The summed E-state index contributed by atoms with van der Waals surface area (Å²) in [5.74, 6) is 0. The van der Waals surface area contributed by atoms with Crippen molar-refractivity contribution in [3.05, 3.63) is 60.4 Å². The fourth-order valence-corrected chi connectivity index (χ4v) is 2.58. The molecule has 1 N–H and O–H groups in total. The summed E-state index contributed by atoms with van der Waals surface area (Å²) in [6.45, 7) is 4.18. The Balaban J connectivity index is 1.90. The molecule has 0 radical (unpaired) electrons. The first-order chi connectivity index (χ1) is 10.1. The second kappa shape index (κ2) is 5.44. The fourth-order valence-electron chi connectivity index (χ4n) is 2.58. The van der Waals surface area contributed by atoms with Gasteiger partial charge in [-0.05, 0) is 26.0 Å². The van der Waals surface area contributed by atoms with Gasteiger partial charge in [0.15, 0.2) is 0 Å². The van der Waals surface area contributed by atoms with E-state index in [1.165, 1.54) is 5.56 Å². The molecular formula is C16H19N5. The molecule has 5 nitrogen and oxygen atoms in total. The Morgan fingerprint density at radius 1 is 1.24 bits per heavy atom. The van der Waals surface area contributed by atoms with E-state index in [1.807, 2.05) is 41.5 Å². The second-order valence-corrected chi connectivity index (χ2v) is 5.20. The highest BCUT2D eigenvalue weighted by Crippen LogP contribution is 2.26. The van der Waals surface area contributed by atoms with Crippen molar-refractivity contribution in [3.63, 3.8) is 0 Å². The van der Waals surface area contributed by atoms with Gasteiger partial charge in [-0.2, -0.15) is 5.10 Å². The highest BCUT2D eigenvalue weighted by Gasteiger charge is 2.13. The molecule has 0 spiro atoms. The number of imidazole rings is 1. The van der Waals surface area contributed by atoms with Crippen molar-refractivity contribution < 1.29 is 0 Å². The standard InChI is InChI=1S/C16H19N5/c1-12(14-10-20(3)19-13(14)2)18-15-6-4-5-7-16(15)21-9-8-17-11-21/h4-12,18H,1-3H3. The third-order valence-corrected chi connectivity index (χ3v) is 3.58. The minimum absolute atomic E-state index is 0.184. The first-order valence-corrected chi connectivity index (χ1v) is 6.99. The van der Waals surface area contributed by atoms with Gasteiger partial charge in [0, 0.05) is 31.2 Å². The van der Waals surface area contributed by atoms with Gasteiger partial charge in [0.1, 0.15) is 0 Å². The first kappa shape index (κ1) is 13.4. The van der Waals surface area contributed by atoms with E-state index in [-0.39, 0.29) is 6.04 Å².